The van der Waals surface area contributed by atoms with Crippen molar-refractivity contribution in [2.24, 2.45) is 0 Å². The highest BCUT2D eigenvalue weighted by Gasteiger charge is 2.18. The molecule has 0 atom stereocenters. The molecule has 0 amide bonds. The molecule has 0 spiro atoms. The van der Waals surface area contributed by atoms with E-state index in [4.69, 9.17) is 4.42 Å². The molecule has 1 aromatic carbocycles. The molecule has 0 unspecified atom stereocenters. The zero-order valence-corrected chi connectivity index (χ0v) is 14.3. The molecule has 2 heterocycles. The van der Waals surface area contributed by atoms with Gasteiger partial charge in [-0.25, -0.2) is 4.58 Å². The Bertz CT molecular complexity index is 887. The predicted molar refractivity (Wildman–Crippen MR) is 94.2 cm³/mol. The normalized spacial score (nSPS) is 12.5. The zero-order valence-electron chi connectivity index (χ0n) is 14.3. The minimum absolute atomic E-state index is 0. The van der Waals surface area contributed by atoms with E-state index >= 15 is 0 Å². The van der Waals surface area contributed by atoms with Crippen LogP contribution >= 0.6 is 0 Å². The van der Waals surface area contributed by atoms with E-state index in [9.17, 15) is 12.9 Å². The Morgan fingerprint density at radius 3 is 2.15 bits per heavy atom. The van der Waals surface area contributed by atoms with Crippen LogP contribution < -0.4 is 14.6 Å². The first-order chi connectivity index (χ1) is 12.0. The first-order valence-electron chi connectivity index (χ1n) is 8.15. The highest BCUT2D eigenvalue weighted by atomic mass is 19.4. The van der Waals surface area contributed by atoms with Gasteiger partial charge in [-0.2, -0.15) is 0 Å². The molecule has 0 saturated carbocycles. The summed E-state index contributed by atoms with van der Waals surface area (Å²) in [5, 5.41) is 1.27. The molecular weight excluding hydrogens is 345 g/mol. The molecule has 3 aliphatic rings. The van der Waals surface area contributed by atoms with Crippen LogP contribution in [0.3, 0.4) is 0 Å². The van der Waals surface area contributed by atoms with Crippen LogP contribution in [0.25, 0.3) is 22.6 Å². The zero-order chi connectivity index (χ0) is 17.8. The highest BCUT2D eigenvalue weighted by molar-refractivity contribution is 6.33. The van der Waals surface area contributed by atoms with Crippen molar-refractivity contribution in [1.82, 2.24) is 4.58 Å². The van der Waals surface area contributed by atoms with Crippen molar-refractivity contribution in [2.45, 2.75) is 13.3 Å². The van der Waals surface area contributed by atoms with Gasteiger partial charge in [0.05, 0.1) is 12.5 Å². The SMILES string of the molecule is Cc1cc(-c2ccccc2)oc2cc(=[N+]3CCC3)ccc1-2.FB(F)F.[F-]. The molecule has 4 rings (SSSR count). The second kappa shape index (κ2) is 8.69. The first-order valence-corrected chi connectivity index (χ1v) is 8.15. The van der Waals surface area contributed by atoms with E-state index in [0.29, 0.717) is 0 Å². The van der Waals surface area contributed by atoms with Crippen molar-refractivity contribution in [2.75, 3.05) is 13.1 Å². The molecule has 0 bridgehead atoms. The fourth-order valence-electron chi connectivity index (χ4n) is 2.86. The van der Waals surface area contributed by atoms with Crippen molar-refractivity contribution < 1.29 is 22.1 Å². The molecule has 0 aromatic heterocycles. The van der Waals surface area contributed by atoms with Gasteiger partial charge in [0.15, 0.2) is 0 Å². The van der Waals surface area contributed by atoms with Crippen LogP contribution in [0.4, 0.5) is 12.9 Å². The van der Waals surface area contributed by atoms with Gasteiger partial charge in [0.25, 0.3) is 0 Å². The lowest BCUT2D eigenvalue weighted by Gasteiger charge is -2.13. The minimum Gasteiger partial charge on any atom is -1.00 e. The molecule has 0 N–H and O–H groups in total. The van der Waals surface area contributed by atoms with Crippen molar-refractivity contribution in [3.63, 3.8) is 0 Å². The van der Waals surface area contributed by atoms with Crippen LogP contribution in [0.2, 0.25) is 0 Å². The minimum atomic E-state index is -3.67. The van der Waals surface area contributed by atoms with Crippen molar-refractivity contribution in [1.29, 1.82) is 0 Å². The number of hydrogen-bond donors (Lipinski definition) is 0. The van der Waals surface area contributed by atoms with Crippen LogP contribution in [0.5, 0.6) is 0 Å². The summed E-state index contributed by atoms with van der Waals surface area (Å²) in [4.78, 5) is 0. The summed E-state index contributed by atoms with van der Waals surface area (Å²) in [5.41, 5.74) is 3.57. The van der Waals surface area contributed by atoms with Crippen LogP contribution in [-0.2, 0) is 0 Å². The van der Waals surface area contributed by atoms with E-state index < -0.39 is 7.54 Å². The predicted octanol–water partition coefficient (Wildman–Crippen LogP) is 1.42. The quantitative estimate of drug-likeness (QED) is 0.363. The van der Waals surface area contributed by atoms with E-state index in [2.05, 4.69) is 47.9 Å². The topological polar surface area (TPSA) is 16.1 Å². The summed E-state index contributed by atoms with van der Waals surface area (Å²) >= 11 is 0. The molecule has 7 heteroatoms. The van der Waals surface area contributed by atoms with E-state index in [1.807, 2.05) is 18.2 Å². The van der Waals surface area contributed by atoms with E-state index in [0.717, 1.165) is 30.2 Å². The number of rotatable bonds is 1. The Morgan fingerprint density at radius 1 is 0.923 bits per heavy atom. The molecule has 1 fully saturated rings. The Labute approximate surface area is 149 Å². The Balaban J connectivity index is 0.000000444. The third-order valence-corrected chi connectivity index (χ3v) is 4.24. The third kappa shape index (κ3) is 4.53. The molecule has 1 saturated heterocycles. The van der Waals surface area contributed by atoms with Crippen molar-refractivity contribution in [3.05, 3.63) is 65.5 Å². The molecule has 0 radical (unpaired) electrons. The van der Waals surface area contributed by atoms with Gasteiger partial charge in [0.1, 0.15) is 24.6 Å². The summed E-state index contributed by atoms with van der Waals surface area (Å²) in [5.74, 6) is 1.90. The van der Waals surface area contributed by atoms with Gasteiger partial charge in [0.2, 0.25) is 5.36 Å². The molecule has 2 aliphatic heterocycles. The van der Waals surface area contributed by atoms with Gasteiger partial charge in [0, 0.05) is 17.2 Å². The van der Waals surface area contributed by atoms with E-state index in [-0.39, 0.29) is 4.70 Å². The van der Waals surface area contributed by atoms with Gasteiger partial charge >= 0.3 is 7.54 Å². The summed E-state index contributed by atoms with van der Waals surface area (Å²) in [6.07, 6.45) is 1.29. The van der Waals surface area contributed by atoms with Crippen LogP contribution in [0, 0.1) is 6.92 Å². The molecule has 1 aromatic rings. The summed E-state index contributed by atoms with van der Waals surface area (Å²) in [6.45, 7) is 4.46. The number of aryl methyl sites for hydroxylation is 1. The highest BCUT2D eigenvalue weighted by Crippen LogP contribution is 2.30. The van der Waals surface area contributed by atoms with Crippen LogP contribution in [0.15, 0.2) is 59.0 Å². The number of halogens is 4. The molecule has 136 valence electrons. The first kappa shape index (κ1) is 19.8. The number of benzene rings is 2. The lowest BCUT2D eigenvalue weighted by molar-refractivity contribution is -0.00000835. The average Bonchev–Trinajstić information content (AvgIpc) is 2.53. The maximum Gasteiger partial charge on any atom is 0.762 e. The van der Waals surface area contributed by atoms with Crippen molar-refractivity contribution in [3.8, 4) is 22.6 Å². The Morgan fingerprint density at radius 2 is 1.58 bits per heavy atom. The number of nitrogens with zero attached hydrogens (tertiary/aromatic N) is 1. The van der Waals surface area contributed by atoms with Gasteiger partial charge in [-0.15, -0.1) is 0 Å². The monoisotopic (exact) mass is 363 g/mol. The lowest BCUT2D eigenvalue weighted by atomic mass is 10.0. The number of fused-ring (bicyclic) bond motifs is 1. The molecule has 2 nitrogen and oxygen atoms in total. The summed E-state index contributed by atoms with van der Waals surface area (Å²) in [7, 11) is -3.67. The maximum absolute atomic E-state index is 9.67. The lowest BCUT2D eigenvalue weighted by Crippen LogP contribution is -3.00. The standard InChI is InChI=1S/C19H18NO.BF3.FH/c1-14-12-18(15-6-3-2-4-7-15)21-19-13-16(8-9-17(14)19)20-10-5-11-20;2-1(3)4;/h2-4,6-9,12-13H,5,10-11H2,1H3;;1H/q+1;;/p-1. The second-order valence-electron chi connectivity index (χ2n) is 5.93. The fourth-order valence-corrected chi connectivity index (χ4v) is 2.86. The summed E-state index contributed by atoms with van der Waals surface area (Å²) < 4.78 is 37.5. The van der Waals surface area contributed by atoms with Gasteiger partial charge < -0.3 is 9.12 Å². The smallest absolute Gasteiger partial charge is 0.762 e. The molecular formula is C19H18BF4NO. The Hall–Kier alpha value is -2.57. The molecule has 26 heavy (non-hydrogen) atoms. The second-order valence-corrected chi connectivity index (χ2v) is 5.93. The largest absolute Gasteiger partial charge is 1.00 e. The Kier molecular flexibility index (Phi) is 6.61. The van der Waals surface area contributed by atoms with Crippen LogP contribution in [0.1, 0.15) is 12.0 Å². The maximum atomic E-state index is 9.67. The van der Waals surface area contributed by atoms with E-state index in [1.165, 1.54) is 22.9 Å². The molecule has 1 aliphatic carbocycles. The van der Waals surface area contributed by atoms with E-state index in [1.54, 1.807) is 0 Å². The van der Waals surface area contributed by atoms with Crippen LogP contribution in [-0.4, -0.2) is 20.6 Å². The average molecular weight is 363 g/mol. The van der Waals surface area contributed by atoms with Gasteiger partial charge in [-0.3, -0.25) is 12.9 Å². The van der Waals surface area contributed by atoms with Gasteiger partial charge in [-0.1, -0.05) is 30.3 Å². The van der Waals surface area contributed by atoms with Gasteiger partial charge in [-0.05, 0) is 24.6 Å². The third-order valence-electron chi connectivity index (χ3n) is 4.24. The fraction of sp³-hybridized carbons (Fsp3) is 0.211. The van der Waals surface area contributed by atoms with Crippen molar-refractivity contribution >= 4 is 7.54 Å². The summed E-state index contributed by atoms with van der Waals surface area (Å²) in [6, 6.07) is 19.0. The number of hydrogen-bond acceptors (Lipinski definition) is 1.